The van der Waals surface area contributed by atoms with Crippen molar-refractivity contribution < 1.29 is 14.3 Å². The zero-order chi connectivity index (χ0) is 15.6. The molecular formula is C15H20BrFN2O2. The van der Waals surface area contributed by atoms with Crippen LogP contribution >= 0.6 is 15.9 Å². The Hall–Kier alpha value is -0.980. The molecule has 2 rings (SSSR count). The van der Waals surface area contributed by atoms with Crippen LogP contribution in [0.4, 0.5) is 4.39 Å². The van der Waals surface area contributed by atoms with E-state index in [-0.39, 0.29) is 11.5 Å². The molecule has 0 bridgehead atoms. The van der Waals surface area contributed by atoms with Gasteiger partial charge in [-0.25, -0.2) is 4.39 Å². The van der Waals surface area contributed by atoms with E-state index in [9.17, 15) is 14.3 Å². The van der Waals surface area contributed by atoms with Crippen LogP contribution in [-0.4, -0.2) is 59.1 Å². The second kappa shape index (κ2) is 6.42. The largest absolute Gasteiger partial charge is 0.389 e. The lowest BCUT2D eigenvalue weighted by atomic mass is 10.1. The molecule has 1 N–H and O–H groups in total. The summed E-state index contributed by atoms with van der Waals surface area (Å²) in [4.78, 5) is 16.2. The van der Waals surface area contributed by atoms with Crippen molar-refractivity contribution in [3.63, 3.8) is 0 Å². The van der Waals surface area contributed by atoms with E-state index in [4.69, 9.17) is 0 Å². The fourth-order valence-corrected chi connectivity index (χ4v) is 3.03. The van der Waals surface area contributed by atoms with Crippen molar-refractivity contribution in [2.45, 2.75) is 19.4 Å². The Morgan fingerprint density at radius 1 is 1.33 bits per heavy atom. The Morgan fingerprint density at radius 3 is 2.48 bits per heavy atom. The maximum atomic E-state index is 13.8. The lowest BCUT2D eigenvalue weighted by Gasteiger charge is -2.37. The number of rotatable bonds is 3. The van der Waals surface area contributed by atoms with Crippen molar-refractivity contribution in [1.82, 2.24) is 9.80 Å². The number of benzene rings is 1. The highest BCUT2D eigenvalue weighted by atomic mass is 79.9. The third-order valence-corrected chi connectivity index (χ3v) is 4.11. The van der Waals surface area contributed by atoms with Gasteiger partial charge in [-0.3, -0.25) is 9.69 Å². The summed E-state index contributed by atoms with van der Waals surface area (Å²) >= 11 is 3.23. The van der Waals surface area contributed by atoms with Crippen molar-refractivity contribution in [2.75, 3.05) is 32.7 Å². The number of β-amino-alcohol motifs (C(OH)–C–C–N with tert-alkyl or cyclic N) is 1. The molecule has 1 saturated heterocycles. The zero-order valence-corrected chi connectivity index (χ0v) is 13.9. The normalized spacial score (nSPS) is 17.1. The van der Waals surface area contributed by atoms with Crippen LogP contribution in [0.1, 0.15) is 24.2 Å². The van der Waals surface area contributed by atoms with Gasteiger partial charge in [0.2, 0.25) is 0 Å². The zero-order valence-electron chi connectivity index (χ0n) is 12.3. The average Bonchev–Trinajstić information content (AvgIpc) is 2.37. The topological polar surface area (TPSA) is 43.8 Å². The second-order valence-electron chi connectivity index (χ2n) is 5.98. The first kappa shape index (κ1) is 16.4. The summed E-state index contributed by atoms with van der Waals surface area (Å²) in [6, 6.07) is 4.53. The van der Waals surface area contributed by atoms with Crippen LogP contribution in [0.5, 0.6) is 0 Å². The predicted molar refractivity (Wildman–Crippen MR) is 82.7 cm³/mol. The molecule has 0 saturated carbocycles. The molecule has 1 aliphatic rings. The van der Waals surface area contributed by atoms with Gasteiger partial charge in [0.15, 0.2) is 0 Å². The van der Waals surface area contributed by atoms with Crippen molar-refractivity contribution in [3.05, 3.63) is 34.1 Å². The Labute approximate surface area is 132 Å². The first-order valence-electron chi connectivity index (χ1n) is 6.96. The number of hydrogen-bond acceptors (Lipinski definition) is 3. The molecule has 1 amide bonds. The predicted octanol–water partition coefficient (Wildman–Crippen LogP) is 2.12. The van der Waals surface area contributed by atoms with Crippen molar-refractivity contribution >= 4 is 21.8 Å². The van der Waals surface area contributed by atoms with E-state index in [0.29, 0.717) is 37.2 Å². The minimum absolute atomic E-state index is 0.0911. The van der Waals surface area contributed by atoms with Gasteiger partial charge in [-0.2, -0.15) is 0 Å². The molecule has 0 aliphatic carbocycles. The number of hydrogen-bond donors (Lipinski definition) is 1. The van der Waals surface area contributed by atoms with E-state index in [1.807, 2.05) is 0 Å². The summed E-state index contributed by atoms with van der Waals surface area (Å²) in [5.74, 6) is -0.795. The Balaban J connectivity index is 2.01. The van der Waals surface area contributed by atoms with Gasteiger partial charge in [-0.05, 0) is 41.9 Å². The molecule has 0 unspecified atom stereocenters. The lowest BCUT2D eigenvalue weighted by Crippen LogP contribution is -2.52. The van der Waals surface area contributed by atoms with Gasteiger partial charge in [0, 0.05) is 37.2 Å². The highest BCUT2D eigenvalue weighted by molar-refractivity contribution is 9.10. The molecule has 0 radical (unpaired) electrons. The number of halogens is 2. The Kier molecular flexibility index (Phi) is 5.01. The highest BCUT2D eigenvalue weighted by Gasteiger charge is 2.27. The third-order valence-electron chi connectivity index (χ3n) is 3.45. The number of carbonyl (C=O) groups excluding carboxylic acids is 1. The molecule has 6 heteroatoms. The average molecular weight is 359 g/mol. The molecule has 1 aromatic carbocycles. The number of amides is 1. The molecule has 1 aliphatic heterocycles. The number of nitrogens with zero attached hydrogens (tertiary/aromatic N) is 2. The highest BCUT2D eigenvalue weighted by Crippen LogP contribution is 2.22. The van der Waals surface area contributed by atoms with Gasteiger partial charge in [0.05, 0.1) is 11.2 Å². The van der Waals surface area contributed by atoms with Gasteiger partial charge < -0.3 is 10.0 Å². The minimum Gasteiger partial charge on any atom is -0.389 e. The van der Waals surface area contributed by atoms with E-state index in [0.717, 1.165) is 0 Å². The summed E-state index contributed by atoms with van der Waals surface area (Å²) < 4.78 is 14.3. The maximum absolute atomic E-state index is 13.8. The monoisotopic (exact) mass is 358 g/mol. The van der Waals surface area contributed by atoms with Gasteiger partial charge in [0.1, 0.15) is 5.82 Å². The molecule has 116 valence electrons. The summed E-state index contributed by atoms with van der Waals surface area (Å²) in [7, 11) is 0. The van der Waals surface area contributed by atoms with Crippen LogP contribution in [0.25, 0.3) is 0 Å². The van der Waals surface area contributed by atoms with E-state index in [2.05, 4.69) is 20.8 Å². The van der Waals surface area contributed by atoms with Gasteiger partial charge in [-0.1, -0.05) is 6.07 Å². The Morgan fingerprint density at radius 2 is 1.95 bits per heavy atom. The summed E-state index contributed by atoms with van der Waals surface area (Å²) in [6.45, 7) is 6.54. The molecule has 0 aromatic heterocycles. The number of carbonyl (C=O) groups is 1. The first-order valence-corrected chi connectivity index (χ1v) is 7.75. The van der Waals surface area contributed by atoms with Crippen LogP contribution in [0.15, 0.2) is 22.7 Å². The van der Waals surface area contributed by atoms with Crippen molar-refractivity contribution in [1.29, 1.82) is 0 Å². The molecule has 1 aromatic rings. The molecule has 1 heterocycles. The van der Waals surface area contributed by atoms with Gasteiger partial charge in [-0.15, -0.1) is 0 Å². The molecule has 21 heavy (non-hydrogen) atoms. The van der Waals surface area contributed by atoms with E-state index in [1.54, 1.807) is 30.9 Å². The summed E-state index contributed by atoms with van der Waals surface area (Å²) in [5, 5.41) is 9.82. The third kappa shape index (κ3) is 4.25. The van der Waals surface area contributed by atoms with Gasteiger partial charge in [0.25, 0.3) is 5.91 Å². The second-order valence-corrected chi connectivity index (χ2v) is 6.83. The van der Waals surface area contributed by atoms with Crippen LogP contribution in [0.2, 0.25) is 0 Å². The molecule has 0 atom stereocenters. The standard InChI is InChI=1S/C15H20BrFN2O2/c1-15(2,21)10-18-6-8-19(9-7-18)14(20)13-11(16)4-3-5-12(13)17/h3-5,21H,6-10H2,1-2H3. The van der Waals surface area contributed by atoms with Crippen LogP contribution < -0.4 is 0 Å². The Bertz CT molecular complexity index is 503. The fraction of sp³-hybridized carbons (Fsp3) is 0.533. The summed E-state index contributed by atoms with van der Waals surface area (Å²) in [6.07, 6.45) is 0. The van der Waals surface area contributed by atoms with Crippen LogP contribution in [0.3, 0.4) is 0 Å². The number of aliphatic hydroxyl groups is 1. The maximum Gasteiger partial charge on any atom is 0.258 e. The van der Waals surface area contributed by atoms with Gasteiger partial charge >= 0.3 is 0 Å². The van der Waals surface area contributed by atoms with Crippen molar-refractivity contribution in [2.24, 2.45) is 0 Å². The molecule has 1 fully saturated rings. The van der Waals surface area contributed by atoms with E-state index < -0.39 is 11.4 Å². The van der Waals surface area contributed by atoms with E-state index >= 15 is 0 Å². The quantitative estimate of drug-likeness (QED) is 0.899. The molecule has 0 spiro atoms. The number of piperazine rings is 1. The molecule has 4 nitrogen and oxygen atoms in total. The van der Waals surface area contributed by atoms with Crippen LogP contribution in [0, 0.1) is 5.82 Å². The summed E-state index contributed by atoms with van der Waals surface area (Å²) in [5.41, 5.74) is -0.658. The minimum atomic E-state index is -0.749. The first-order chi connectivity index (χ1) is 9.78. The fourth-order valence-electron chi connectivity index (χ4n) is 2.52. The van der Waals surface area contributed by atoms with E-state index in [1.165, 1.54) is 6.07 Å². The van der Waals surface area contributed by atoms with Crippen molar-refractivity contribution in [3.8, 4) is 0 Å². The lowest BCUT2D eigenvalue weighted by molar-refractivity contribution is 0.0177. The smallest absolute Gasteiger partial charge is 0.258 e. The van der Waals surface area contributed by atoms with Crippen LogP contribution in [-0.2, 0) is 0 Å². The SMILES string of the molecule is CC(C)(O)CN1CCN(C(=O)c2c(F)cccc2Br)CC1. The molecular weight excluding hydrogens is 339 g/mol.